The van der Waals surface area contributed by atoms with Gasteiger partial charge in [0.15, 0.2) is 0 Å². The summed E-state index contributed by atoms with van der Waals surface area (Å²) >= 11 is 6.44. The van der Waals surface area contributed by atoms with Crippen LogP contribution in [0.2, 0.25) is 0 Å². The number of hydrogen-bond acceptors (Lipinski definition) is 2. The van der Waals surface area contributed by atoms with Crippen molar-refractivity contribution in [3.8, 4) is 0 Å². The van der Waals surface area contributed by atoms with Gasteiger partial charge in [-0.05, 0) is 0 Å². The minimum absolute atomic E-state index is 0. The zero-order chi connectivity index (χ0) is 2.00. The summed E-state index contributed by atoms with van der Waals surface area (Å²) in [5.74, 6) is 0. The first-order valence-electron chi connectivity index (χ1n) is 0.200. The topological polar surface area (TPSA) is 0 Å². The Balaban J connectivity index is -0.000000000833. The fourth-order valence-corrected chi connectivity index (χ4v) is 0. The molecule has 0 N–H and O–H groups in total. The van der Waals surface area contributed by atoms with Crippen LogP contribution in [0.15, 0.2) is 0 Å². The molecule has 0 heterocycles. The van der Waals surface area contributed by atoms with Crippen molar-refractivity contribution in [2.75, 3.05) is 0 Å². The first-order valence-corrected chi connectivity index (χ1v) is 1.80. The predicted octanol–water partition coefficient (Wildman–Crippen LogP) is -3.95. The minimum atomic E-state index is 0. The van der Waals surface area contributed by atoms with Crippen molar-refractivity contribution in [1.29, 1.82) is 0 Å². The summed E-state index contributed by atoms with van der Waals surface area (Å²) in [5, 5.41) is 0. The van der Waals surface area contributed by atoms with Crippen molar-refractivity contribution in [1.82, 2.24) is 0 Å². The van der Waals surface area contributed by atoms with E-state index in [0.29, 0.717) is 0 Å². The van der Waals surface area contributed by atoms with Crippen LogP contribution in [0.3, 0.4) is 0 Å². The van der Waals surface area contributed by atoms with Crippen LogP contribution in [0, 0.1) is 0 Å². The average molecular weight is 236 g/mol. The Labute approximate surface area is 77.1 Å². The van der Waals surface area contributed by atoms with Crippen molar-refractivity contribution in [2.24, 2.45) is 0 Å². The first-order chi connectivity index (χ1) is 1.00. The Bertz CT molecular complexity index is 11.5. The van der Waals surface area contributed by atoms with E-state index in [1.807, 2.05) is 0 Å². The summed E-state index contributed by atoms with van der Waals surface area (Å²) in [4.78, 5) is 0. The molecule has 0 atom stereocenters. The standard InChI is InChI=1S/Li.H2S2.2H2Se.H/c;1-2;;;/h;1-2H;2*1H2;/q+1;;;;-1. The average Bonchev–Trinajstić information content (AvgIpc) is 1.00. The van der Waals surface area contributed by atoms with Gasteiger partial charge in [-0.25, -0.2) is 0 Å². The van der Waals surface area contributed by atoms with Crippen molar-refractivity contribution in [3.05, 3.63) is 0 Å². The third-order valence-electron chi connectivity index (χ3n) is 0. The Morgan fingerprint density at radius 1 is 1.00 bits per heavy atom. The zero-order valence-electron chi connectivity index (χ0n) is 3.89. The fraction of sp³-hybridized carbons (Fsp3) is 0. The van der Waals surface area contributed by atoms with Crippen molar-refractivity contribution >= 4 is 57.5 Å². The van der Waals surface area contributed by atoms with Crippen LogP contribution >= 0.6 is 23.3 Å². The molecule has 0 saturated carbocycles. The van der Waals surface area contributed by atoms with E-state index < -0.39 is 0 Å². The van der Waals surface area contributed by atoms with E-state index in [9.17, 15) is 0 Å². The molecule has 0 aromatic rings. The van der Waals surface area contributed by atoms with Crippen LogP contribution in [-0.2, 0) is 0 Å². The van der Waals surface area contributed by atoms with Gasteiger partial charge in [0.05, 0.1) is 0 Å². The van der Waals surface area contributed by atoms with E-state index in [0.717, 1.165) is 0 Å². The van der Waals surface area contributed by atoms with Crippen LogP contribution in [0.4, 0.5) is 0 Å². The van der Waals surface area contributed by atoms with E-state index in [1.54, 1.807) is 0 Å². The Morgan fingerprint density at radius 3 is 1.00 bits per heavy atom. The molecule has 0 nitrogen and oxygen atoms in total. The number of hydrogen-bond donors (Lipinski definition) is 2. The normalized spacial score (nSPS) is 1.20. The molecule has 0 aliphatic carbocycles. The molecule has 32 valence electrons. The van der Waals surface area contributed by atoms with Gasteiger partial charge >= 0.3 is 53.0 Å². The molecule has 0 unspecified atom stereocenters. The van der Waals surface area contributed by atoms with E-state index >= 15 is 0 Å². The predicted molar refractivity (Wildman–Crippen MR) is 36.2 cm³/mol. The molecule has 0 rings (SSSR count). The molecular formula is H7LiS2Se2. The zero-order valence-corrected chi connectivity index (χ0v) is 8.88. The van der Waals surface area contributed by atoms with Gasteiger partial charge < -0.3 is 1.43 Å². The van der Waals surface area contributed by atoms with Gasteiger partial charge in [0.1, 0.15) is 0 Å². The van der Waals surface area contributed by atoms with Gasteiger partial charge in [-0.1, -0.05) is 0 Å². The Morgan fingerprint density at radius 2 is 1.00 bits per heavy atom. The van der Waals surface area contributed by atoms with Crippen LogP contribution < -0.4 is 18.9 Å². The van der Waals surface area contributed by atoms with Gasteiger partial charge in [0, 0.05) is 0 Å². The second-order valence-electron chi connectivity index (χ2n) is 0. The number of rotatable bonds is 0. The summed E-state index contributed by atoms with van der Waals surface area (Å²) in [6.07, 6.45) is 0. The number of thiol groups is 2. The Kier molecular flexibility index (Phi) is 175. The maximum absolute atomic E-state index is 3.22. The molecule has 0 spiro atoms. The molecule has 0 aliphatic rings. The van der Waals surface area contributed by atoms with Gasteiger partial charge in [0.2, 0.25) is 0 Å². The van der Waals surface area contributed by atoms with E-state index in [-0.39, 0.29) is 54.4 Å². The molecule has 0 saturated heterocycles. The van der Waals surface area contributed by atoms with Crippen LogP contribution in [0.25, 0.3) is 0 Å². The van der Waals surface area contributed by atoms with Crippen LogP contribution in [-0.4, -0.2) is 34.1 Å². The van der Waals surface area contributed by atoms with E-state index in [1.165, 1.54) is 0 Å². The molecule has 0 aromatic carbocycles. The Hall–Kier alpha value is 2.34. The second-order valence-corrected chi connectivity index (χ2v) is 0. The molecule has 5 heteroatoms. The molecular weight excluding hydrogens is 229 g/mol. The molecule has 0 fully saturated rings. The van der Waals surface area contributed by atoms with Crippen molar-refractivity contribution in [3.63, 3.8) is 0 Å². The first kappa shape index (κ1) is 26.5. The monoisotopic (exact) mass is 238 g/mol. The molecule has 5 heavy (non-hydrogen) atoms. The molecule has 0 amide bonds. The third kappa shape index (κ3) is 21.8. The summed E-state index contributed by atoms with van der Waals surface area (Å²) in [7, 11) is 0. The second kappa shape index (κ2) is 33.1. The summed E-state index contributed by atoms with van der Waals surface area (Å²) < 4.78 is 0. The summed E-state index contributed by atoms with van der Waals surface area (Å²) in [6, 6.07) is 0. The van der Waals surface area contributed by atoms with Crippen LogP contribution in [0.1, 0.15) is 1.43 Å². The van der Waals surface area contributed by atoms with E-state index in [2.05, 4.69) is 23.3 Å². The maximum atomic E-state index is 3.22. The quantitative estimate of drug-likeness (QED) is 0.239. The van der Waals surface area contributed by atoms with E-state index in [4.69, 9.17) is 0 Å². The molecule has 0 aromatic heterocycles. The van der Waals surface area contributed by atoms with Crippen molar-refractivity contribution < 1.29 is 20.3 Å². The third-order valence-corrected chi connectivity index (χ3v) is 0. The SMILES string of the molecule is SS.[H-].[Li+].[SeH2].[SeH2]. The van der Waals surface area contributed by atoms with Gasteiger partial charge in [0.25, 0.3) is 0 Å². The van der Waals surface area contributed by atoms with Gasteiger partial charge in [-0.2, -0.15) is 0 Å². The van der Waals surface area contributed by atoms with Gasteiger partial charge in [-0.15, -0.1) is 23.3 Å². The molecule has 0 bridgehead atoms. The molecule has 0 aliphatic heterocycles. The summed E-state index contributed by atoms with van der Waals surface area (Å²) in [5.41, 5.74) is 0. The summed E-state index contributed by atoms with van der Waals surface area (Å²) in [6.45, 7) is 0. The molecule has 0 radical (unpaired) electrons. The fourth-order valence-electron chi connectivity index (χ4n) is 0. The van der Waals surface area contributed by atoms with Gasteiger partial charge in [-0.3, -0.25) is 0 Å². The van der Waals surface area contributed by atoms with Crippen molar-refractivity contribution in [2.45, 2.75) is 0 Å². The van der Waals surface area contributed by atoms with Crippen LogP contribution in [0.5, 0.6) is 0 Å².